The van der Waals surface area contributed by atoms with Crippen LogP contribution in [0.25, 0.3) is 0 Å². The molecule has 1 aliphatic rings. The average Bonchev–Trinajstić information content (AvgIpc) is 3.15. The van der Waals surface area contributed by atoms with Gasteiger partial charge in [0.1, 0.15) is 5.82 Å². The molecule has 0 spiro atoms. The molecule has 7 nitrogen and oxygen atoms in total. The summed E-state index contributed by atoms with van der Waals surface area (Å²) in [5, 5.41) is 12.3. The van der Waals surface area contributed by atoms with Crippen LogP contribution in [0.4, 0.5) is 10.1 Å². The van der Waals surface area contributed by atoms with Gasteiger partial charge in [0, 0.05) is 18.0 Å². The fourth-order valence-corrected chi connectivity index (χ4v) is 2.88. The van der Waals surface area contributed by atoms with E-state index in [9.17, 15) is 4.39 Å². The Kier molecular flexibility index (Phi) is 4.60. The summed E-state index contributed by atoms with van der Waals surface area (Å²) in [4.78, 5) is 6.89. The second kappa shape index (κ2) is 6.63. The molecule has 10 heteroatoms. The number of nitrogens with two attached hydrogens (primary N) is 1. The quantitative estimate of drug-likeness (QED) is 0.786. The van der Waals surface area contributed by atoms with Crippen LogP contribution in [-0.4, -0.2) is 35.2 Å². The van der Waals surface area contributed by atoms with Crippen LogP contribution in [0, 0.1) is 5.82 Å². The van der Waals surface area contributed by atoms with Crippen LogP contribution in [0.2, 0.25) is 0 Å². The maximum absolute atomic E-state index is 13.4. The van der Waals surface area contributed by atoms with E-state index in [1.807, 2.05) is 0 Å². The van der Waals surface area contributed by atoms with Crippen LogP contribution in [0.3, 0.4) is 0 Å². The Labute approximate surface area is 137 Å². The third kappa shape index (κ3) is 2.94. The summed E-state index contributed by atoms with van der Waals surface area (Å²) in [7, 11) is 0. The van der Waals surface area contributed by atoms with E-state index in [-0.39, 0.29) is 12.5 Å². The van der Waals surface area contributed by atoms with E-state index in [4.69, 9.17) is 15.2 Å². The van der Waals surface area contributed by atoms with Crippen LogP contribution in [-0.2, 0) is 4.84 Å². The van der Waals surface area contributed by atoms with Crippen molar-refractivity contribution >= 4 is 39.2 Å². The van der Waals surface area contributed by atoms with Gasteiger partial charge in [-0.05, 0) is 44.4 Å². The summed E-state index contributed by atoms with van der Waals surface area (Å²) < 4.78 is 18.5. The minimum absolute atomic E-state index is 0.196. The molecule has 0 amide bonds. The number of hydrogen-bond donors (Lipinski definition) is 1. The molecule has 1 aromatic heterocycles. The second-order valence-corrected chi connectivity index (χ2v) is 6.19. The van der Waals surface area contributed by atoms with Crippen molar-refractivity contribution in [3.63, 3.8) is 0 Å². The molecular weight excluding hydrogens is 377 g/mol. The maximum Gasteiger partial charge on any atom is 0.207 e. The van der Waals surface area contributed by atoms with Crippen LogP contribution in [0.1, 0.15) is 5.69 Å². The highest BCUT2D eigenvalue weighted by atomic mass is 79.9. The Bertz CT molecular complexity index is 711. The first-order chi connectivity index (χ1) is 10.7. The molecule has 116 valence electrons. The van der Waals surface area contributed by atoms with Gasteiger partial charge in [0.05, 0.1) is 4.47 Å². The van der Waals surface area contributed by atoms with Crippen LogP contribution in [0.15, 0.2) is 37.5 Å². The largest absolute Gasteiger partial charge is 0.371 e. The molecule has 0 radical (unpaired) electrons. The first-order valence-corrected chi connectivity index (χ1v) is 8.07. The zero-order chi connectivity index (χ0) is 15.5. The van der Waals surface area contributed by atoms with Gasteiger partial charge in [-0.15, -0.1) is 0 Å². The average molecular weight is 388 g/mol. The molecule has 0 aliphatic carbocycles. The highest BCUT2D eigenvalue weighted by molar-refractivity contribution is 9.10. The standard InChI is InChI=1S/C12H11BrFN5O2S/c13-8-5-7(1-2-9(8)14)19-6-20-17-11(19)10-12(18-21-16-10)22-4-3-15/h1-2,5H,3-4,6,15H2. The van der Waals surface area contributed by atoms with E-state index < -0.39 is 0 Å². The molecule has 2 N–H and O–H groups in total. The Balaban J connectivity index is 1.90. The van der Waals surface area contributed by atoms with E-state index in [0.717, 1.165) is 0 Å². The first kappa shape index (κ1) is 15.3. The lowest BCUT2D eigenvalue weighted by molar-refractivity contribution is 0.174. The van der Waals surface area contributed by atoms with E-state index >= 15 is 0 Å². The minimum atomic E-state index is -0.343. The summed E-state index contributed by atoms with van der Waals surface area (Å²) in [6.45, 7) is 0.704. The summed E-state index contributed by atoms with van der Waals surface area (Å²) in [6, 6.07) is 4.63. The number of thioether (sulfide) groups is 1. The maximum atomic E-state index is 13.4. The number of oxime groups is 1. The molecule has 0 unspecified atom stereocenters. The third-order valence-electron chi connectivity index (χ3n) is 2.84. The van der Waals surface area contributed by atoms with Crippen LogP contribution < -0.4 is 10.6 Å². The van der Waals surface area contributed by atoms with Crippen LogP contribution in [0.5, 0.6) is 0 Å². The Morgan fingerprint density at radius 1 is 1.41 bits per heavy atom. The molecule has 2 aromatic rings. The van der Waals surface area contributed by atoms with Crippen molar-refractivity contribution in [3.8, 4) is 0 Å². The highest BCUT2D eigenvalue weighted by Gasteiger charge is 2.29. The summed E-state index contributed by atoms with van der Waals surface area (Å²) >= 11 is 4.58. The fourth-order valence-electron chi connectivity index (χ4n) is 1.85. The SMILES string of the molecule is NCCSc1nonc1C1=NOCN1c1ccc(F)c(Br)c1. The fraction of sp³-hybridized carbons (Fsp3) is 0.250. The summed E-state index contributed by atoms with van der Waals surface area (Å²) in [6.07, 6.45) is 0. The monoisotopic (exact) mass is 387 g/mol. The van der Waals surface area contributed by atoms with E-state index in [0.29, 0.717) is 39.0 Å². The van der Waals surface area contributed by atoms with Crippen LogP contribution >= 0.6 is 27.7 Å². The lowest BCUT2D eigenvalue weighted by Crippen LogP contribution is -2.28. The van der Waals surface area contributed by atoms with Gasteiger partial charge in [0.2, 0.25) is 5.84 Å². The molecule has 0 fully saturated rings. The van der Waals surface area contributed by atoms with Gasteiger partial charge in [-0.2, -0.15) is 0 Å². The van der Waals surface area contributed by atoms with E-state index in [1.165, 1.54) is 17.8 Å². The van der Waals surface area contributed by atoms with Crippen molar-refractivity contribution in [2.45, 2.75) is 5.03 Å². The number of amidine groups is 1. The van der Waals surface area contributed by atoms with Crippen molar-refractivity contribution in [2.75, 3.05) is 23.9 Å². The number of nitrogens with zero attached hydrogens (tertiary/aromatic N) is 4. The predicted octanol–water partition coefficient (Wildman–Crippen LogP) is 2.18. The van der Waals surface area contributed by atoms with Gasteiger partial charge < -0.3 is 10.6 Å². The van der Waals surface area contributed by atoms with Crippen molar-refractivity contribution in [1.82, 2.24) is 10.3 Å². The molecular formula is C12H11BrFN5O2S. The topological polar surface area (TPSA) is 89.8 Å². The molecule has 1 aliphatic heterocycles. The van der Waals surface area contributed by atoms with Crippen molar-refractivity contribution < 1.29 is 13.9 Å². The number of anilines is 1. The Morgan fingerprint density at radius 3 is 3.05 bits per heavy atom. The summed E-state index contributed by atoms with van der Waals surface area (Å²) in [5.41, 5.74) is 6.67. The Hall–Kier alpha value is -1.65. The Morgan fingerprint density at radius 2 is 2.27 bits per heavy atom. The van der Waals surface area contributed by atoms with Gasteiger partial charge >= 0.3 is 0 Å². The third-order valence-corrected chi connectivity index (χ3v) is 4.42. The van der Waals surface area contributed by atoms with E-state index in [1.54, 1.807) is 17.0 Å². The summed E-state index contributed by atoms with van der Waals surface area (Å²) in [5.74, 6) is 0.793. The number of benzene rings is 1. The van der Waals surface area contributed by atoms with Gasteiger partial charge in [-0.25, -0.2) is 9.02 Å². The molecule has 0 saturated heterocycles. The molecule has 0 saturated carbocycles. The first-order valence-electron chi connectivity index (χ1n) is 6.29. The molecule has 3 rings (SSSR count). The molecule has 0 atom stereocenters. The molecule has 0 bridgehead atoms. The number of halogens is 2. The second-order valence-electron chi connectivity index (χ2n) is 4.25. The minimum Gasteiger partial charge on any atom is -0.371 e. The number of aromatic nitrogens is 2. The predicted molar refractivity (Wildman–Crippen MR) is 83.1 cm³/mol. The molecule has 22 heavy (non-hydrogen) atoms. The number of hydrogen-bond acceptors (Lipinski definition) is 8. The zero-order valence-electron chi connectivity index (χ0n) is 11.2. The van der Waals surface area contributed by atoms with Gasteiger partial charge in [0.15, 0.2) is 17.5 Å². The molecule has 2 heterocycles. The highest BCUT2D eigenvalue weighted by Crippen LogP contribution is 2.28. The van der Waals surface area contributed by atoms with Crippen molar-refractivity contribution in [3.05, 3.63) is 34.2 Å². The molecule has 1 aromatic carbocycles. The van der Waals surface area contributed by atoms with Gasteiger partial charge in [0.25, 0.3) is 0 Å². The van der Waals surface area contributed by atoms with Crippen molar-refractivity contribution in [2.24, 2.45) is 10.9 Å². The van der Waals surface area contributed by atoms with E-state index in [2.05, 4.69) is 31.4 Å². The van der Waals surface area contributed by atoms with Gasteiger partial charge in [-0.3, -0.25) is 4.90 Å². The lowest BCUT2D eigenvalue weighted by Gasteiger charge is -2.16. The lowest BCUT2D eigenvalue weighted by atomic mass is 10.2. The van der Waals surface area contributed by atoms with Gasteiger partial charge in [-0.1, -0.05) is 16.9 Å². The van der Waals surface area contributed by atoms with Crippen molar-refractivity contribution in [1.29, 1.82) is 0 Å². The number of rotatable bonds is 5. The zero-order valence-corrected chi connectivity index (χ0v) is 13.6. The smallest absolute Gasteiger partial charge is 0.207 e. The normalized spacial score (nSPS) is 14.1.